The average molecular weight is 224 g/mol. The van der Waals surface area contributed by atoms with Crippen LogP contribution in [0.15, 0.2) is 27.7 Å². The Kier molecular flexibility index (Phi) is 2.31. The molecule has 0 unspecified atom stereocenters. The molecule has 8 nitrogen and oxygen atoms in total. The molecule has 84 valence electrons. The Morgan fingerprint density at radius 2 is 2.31 bits per heavy atom. The van der Waals surface area contributed by atoms with Crippen LogP contribution in [0.3, 0.4) is 0 Å². The molecule has 0 radical (unpaired) electrons. The molecule has 0 amide bonds. The van der Waals surface area contributed by atoms with Gasteiger partial charge in [0.25, 0.3) is 0 Å². The van der Waals surface area contributed by atoms with Gasteiger partial charge in [-0.25, -0.2) is 9.48 Å². The van der Waals surface area contributed by atoms with E-state index in [1.54, 1.807) is 7.05 Å². The molecule has 0 aliphatic carbocycles. The Balaban J connectivity index is 2.24. The normalized spacial score (nSPS) is 10.6. The fourth-order valence-corrected chi connectivity index (χ4v) is 1.23. The van der Waals surface area contributed by atoms with Crippen molar-refractivity contribution in [3.63, 3.8) is 0 Å². The molecule has 0 aromatic carbocycles. The lowest BCUT2D eigenvalue weighted by atomic mass is 10.4. The van der Waals surface area contributed by atoms with Gasteiger partial charge in [0, 0.05) is 7.05 Å². The molecule has 0 aliphatic rings. The van der Waals surface area contributed by atoms with Crippen LogP contribution in [-0.2, 0) is 13.6 Å². The predicted molar refractivity (Wildman–Crippen MR) is 51.9 cm³/mol. The van der Waals surface area contributed by atoms with Crippen LogP contribution >= 0.6 is 0 Å². The highest BCUT2D eigenvalue weighted by Crippen LogP contribution is 2.15. The van der Waals surface area contributed by atoms with E-state index in [1.165, 1.54) is 23.0 Å². The van der Waals surface area contributed by atoms with Crippen molar-refractivity contribution in [3.8, 4) is 0 Å². The van der Waals surface area contributed by atoms with Gasteiger partial charge in [-0.2, -0.15) is 5.10 Å². The Morgan fingerprint density at radius 1 is 1.56 bits per heavy atom. The molecule has 0 N–H and O–H groups in total. The molecular formula is C8H8N4O4. The van der Waals surface area contributed by atoms with Crippen LogP contribution in [-0.4, -0.2) is 19.3 Å². The Bertz CT molecular complexity index is 579. The summed E-state index contributed by atoms with van der Waals surface area (Å²) in [6, 6.07) is 2.68. The van der Waals surface area contributed by atoms with Gasteiger partial charge >= 0.3 is 11.6 Å². The zero-order valence-corrected chi connectivity index (χ0v) is 8.36. The number of furan rings is 1. The van der Waals surface area contributed by atoms with E-state index in [9.17, 15) is 14.9 Å². The summed E-state index contributed by atoms with van der Waals surface area (Å²) < 4.78 is 7.36. The van der Waals surface area contributed by atoms with Crippen LogP contribution in [0, 0.1) is 10.1 Å². The molecule has 2 heterocycles. The smallest absolute Gasteiger partial charge is 0.404 e. The number of rotatable bonds is 3. The number of nitro groups is 1. The molecule has 0 bridgehead atoms. The number of hydrogen-bond donors (Lipinski definition) is 0. The maximum absolute atomic E-state index is 11.4. The first-order chi connectivity index (χ1) is 7.58. The van der Waals surface area contributed by atoms with Gasteiger partial charge in [0.15, 0.2) is 0 Å². The highest BCUT2D eigenvalue weighted by Gasteiger charge is 2.13. The van der Waals surface area contributed by atoms with E-state index in [1.807, 2.05) is 0 Å². The van der Waals surface area contributed by atoms with Crippen LogP contribution in [0.5, 0.6) is 0 Å². The summed E-state index contributed by atoms with van der Waals surface area (Å²) in [5.41, 5.74) is -0.306. The van der Waals surface area contributed by atoms with Crippen molar-refractivity contribution in [2.24, 2.45) is 7.05 Å². The first-order valence-corrected chi connectivity index (χ1v) is 4.39. The largest absolute Gasteiger partial charge is 0.433 e. The summed E-state index contributed by atoms with van der Waals surface area (Å²) in [5, 5.41) is 14.2. The zero-order chi connectivity index (χ0) is 11.7. The molecule has 2 rings (SSSR count). The van der Waals surface area contributed by atoms with Crippen LogP contribution in [0.25, 0.3) is 0 Å². The summed E-state index contributed by atoms with van der Waals surface area (Å²) in [6.07, 6.45) is 1.36. The number of aromatic nitrogens is 3. The molecule has 0 saturated carbocycles. The SMILES string of the molecule is Cn1cnn(Cc2ccc([N+](=O)[O-])o2)c1=O. The lowest BCUT2D eigenvalue weighted by Gasteiger charge is -1.93. The maximum atomic E-state index is 11.4. The second kappa shape index (κ2) is 3.65. The van der Waals surface area contributed by atoms with E-state index in [2.05, 4.69) is 5.10 Å². The fourth-order valence-electron chi connectivity index (χ4n) is 1.23. The minimum Gasteiger partial charge on any atom is -0.404 e. The molecule has 0 atom stereocenters. The lowest BCUT2D eigenvalue weighted by molar-refractivity contribution is -0.402. The molecule has 8 heteroatoms. The van der Waals surface area contributed by atoms with Crippen LogP contribution < -0.4 is 5.69 Å². The number of hydrogen-bond acceptors (Lipinski definition) is 5. The van der Waals surface area contributed by atoms with Crippen LogP contribution in [0.1, 0.15) is 5.76 Å². The summed E-state index contributed by atoms with van der Waals surface area (Å²) in [6.45, 7) is 0.0769. The van der Waals surface area contributed by atoms with Crippen molar-refractivity contribution >= 4 is 5.88 Å². The van der Waals surface area contributed by atoms with E-state index in [-0.39, 0.29) is 18.1 Å². The summed E-state index contributed by atoms with van der Waals surface area (Å²) in [5.74, 6) is -0.0357. The molecule has 0 saturated heterocycles. The lowest BCUT2D eigenvalue weighted by Crippen LogP contribution is -2.23. The molecule has 2 aromatic heterocycles. The molecule has 2 aromatic rings. The second-order valence-electron chi connectivity index (χ2n) is 3.18. The van der Waals surface area contributed by atoms with Crippen molar-refractivity contribution in [2.45, 2.75) is 6.54 Å². The van der Waals surface area contributed by atoms with E-state index in [0.29, 0.717) is 5.76 Å². The van der Waals surface area contributed by atoms with E-state index >= 15 is 0 Å². The van der Waals surface area contributed by atoms with E-state index < -0.39 is 4.92 Å². The predicted octanol–water partition coefficient (Wildman–Crippen LogP) is 0.131. The van der Waals surface area contributed by atoms with Crippen molar-refractivity contribution in [2.75, 3.05) is 0 Å². The van der Waals surface area contributed by atoms with Crippen molar-refractivity contribution in [3.05, 3.63) is 44.8 Å². The third kappa shape index (κ3) is 1.72. The van der Waals surface area contributed by atoms with Crippen molar-refractivity contribution in [1.29, 1.82) is 0 Å². The van der Waals surface area contributed by atoms with Gasteiger partial charge in [0.05, 0.1) is 6.07 Å². The van der Waals surface area contributed by atoms with Gasteiger partial charge in [-0.15, -0.1) is 0 Å². The van der Waals surface area contributed by atoms with Crippen molar-refractivity contribution < 1.29 is 9.34 Å². The maximum Gasteiger partial charge on any atom is 0.433 e. The molecule has 0 aliphatic heterocycles. The monoisotopic (exact) mass is 224 g/mol. The van der Waals surface area contributed by atoms with Gasteiger partial charge in [-0.05, 0) is 6.07 Å². The fraction of sp³-hybridized carbons (Fsp3) is 0.250. The summed E-state index contributed by atoms with van der Waals surface area (Å²) in [4.78, 5) is 21.1. The summed E-state index contributed by atoms with van der Waals surface area (Å²) in [7, 11) is 1.57. The van der Waals surface area contributed by atoms with Gasteiger partial charge in [0.1, 0.15) is 23.6 Å². The van der Waals surface area contributed by atoms with Gasteiger partial charge in [-0.3, -0.25) is 14.7 Å². The molecule has 0 spiro atoms. The van der Waals surface area contributed by atoms with E-state index in [4.69, 9.17) is 4.42 Å². The first-order valence-electron chi connectivity index (χ1n) is 4.39. The molecular weight excluding hydrogens is 216 g/mol. The molecule has 0 fully saturated rings. The van der Waals surface area contributed by atoms with Gasteiger partial charge < -0.3 is 4.42 Å². The average Bonchev–Trinajstić information content (AvgIpc) is 2.81. The Morgan fingerprint density at radius 3 is 2.81 bits per heavy atom. The highest BCUT2D eigenvalue weighted by atomic mass is 16.6. The Hall–Kier alpha value is -2.38. The zero-order valence-electron chi connectivity index (χ0n) is 8.36. The first kappa shape index (κ1) is 10.1. The number of nitrogens with zero attached hydrogens (tertiary/aromatic N) is 4. The van der Waals surface area contributed by atoms with Crippen LogP contribution in [0.4, 0.5) is 5.88 Å². The van der Waals surface area contributed by atoms with Gasteiger partial charge in [-0.1, -0.05) is 0 Å². The quantitative estimate of drug-likeness (QED) is 0.545. The highest BCUT2D eigenvalue weighted by molar-refractivity contribution is 5.17. The van der Waals surface area contributed by atoms with Gasteiger partial charge in [0.2, 0.25) is 0 Å². The molecule has 16 heavy (non-hydrogen) atoms. The minimum atomic E-state index is -0.634. The minimum absolute atomic E-state index is 0.0769. The topological polar surface area (TPSA) is 96.1 Å². The summed E-state index contributed by atoms with van der Waals surface area (Å²) >= 11 is 0. The standard InChI is InChI=1S/C8H8N4O4/c1-10-5-9-11(8(10)13)4-6-2-3-7(16-6)12(14)15/h2-3,5H,4H2,1H3. The number of aryl methyl sites for hydroxylation is 1. The second-order valence-corrected chi connectivity index (χ2v) is 3.18. The van der Waals surface area contributed by atoms with E-state index in [0.717, 1.165) is 4.68 Å². The third-order valence-corrected chi connectivity index (χ3v) is 2.02. The Labute approximate surface area is 88.9 Å². The van der Waals surface area contributed by atoms with Crippen LogP contribution in [0.2, 0.25) is 0 Å². The van der Waals surface area contributed by atoms with Crippen molar-refractivity contribution in [1.82, 2.24) is 14.3 Å². The third-order valence-electron chi connectivity index (χ3n) is 2.02.